The number of methoxy groups -OCH3 is 1. The average Bonchev–Trinajstić information content (AvgIpc) is 3.16. The monoisotopic (exact) mass is 410 g/mol. The third kappa shape index (κ3) is 4.75. The van der Waals surface area contributed by atoms with Crippen molar-refractivity contribution in [2.75, 3.05) is 38.6 Å². The Bertz CT molecular complexity index is 949. The van der Waals surface area contributed by atoms with Crippen molar-refractivity contribution in [3.63, 3.8) is 0 Å². The van der Waals surface area contributed by atoms with Gasteiger partial charge < -0.3 is 10.1 Å². The van der Waals surface area contributed by atoms with Crippen LogP contribution in [0.5, 0.6) is 5.75 Å². The largest absolute Gasteiger partial charge is 0.497 e. The molecule has 1 atom stereocenters. The molecule has 2 heterocycles. The van der Waals surface area contributed by atoms with E-state index in [1.807, 2.05) is 37.3 Å². The summed E-state index contributed by atoms with van der Waals surface area (Å²) in [4.78, 5) is 22.1. The molecule has 0 bridgehead atoms. The lowest BCUT2D eigenvalue weighted by molar-refractivity contribution is -0.121. The molecule has 29 heavy (non-hydrogen) atoms. The zero-order chi connectivity index (χ0) is 20.2. The van der Waals surface area contributed by atoms with Crippen LogP contribution in [0.4, 0.5) is 5.69 Å². The molecular weight excluding hydrogens is 384 g/mol. The van der Waals surface area contributed by atoms with Crippen molar-refractivity contribution in [2.24, 2.45) is 0 Å². The number of anilines is 1. The highest BCUT2D eigenvalue weighted by molar-refractivity contribution is 7.18. The summed E-state index contributed by atoms with van der Waals surface area (Å²) in [5.41, 5.74) is 1.84. The number of carbonyl (C=O) groups is 1. The lowest BCUT2D eigenvalue weighted by Gasteiger charge is -2.37. The highest BCUT2D eigenvalue weighted by Gasteiger charge is 2.26. The van der Waals surface area contributed by atoms with Crippen LogP contribution in [-0.4, -0.2) is 60.0 Å². The van der Waals surface area contributed by atoms with Crippen LogP contribution in [-0.2, 0) is 11.3 Å². The van der Waals surface area contributed by atoms with Crippen molar-refractivity contribution >= 4 is 33.1 Å². The fourth-order valence-corrected chi connectivity index (χ4v) is 4.61. The highest BCUT2D eigenvalue weighted by atomic mass is 32.1. The fourth-order valence-electron chi connectivity index (χ4n) is 3.60. The van der Waals surface area contributed by atoms with E-state index in [4.69, 9.17) is 9.72 Å². The van der Waals surface area contributed by atoms with Crippen molar-refractivity contribution in [3.05, 3.63) is 53.5 Å². The van der Waals surface area contributed by atoms with E-state index in [-0.39, 0.29) is 11.9 Å². The summed E-state index contributed by atoms with van der Waals surface area (Å²) in [6.45, 7) is 6.46. The van der Waals surface area contributed by atoms with Crippen LogP contribution < -0.4 is 10.1 Å². The van der Waals surface area contributed by atoms with Crippen LogP contribution in [0.1, 0.15) is 11.9 Å². The number of hydrogen-bond donors (Lipinski definition) is 1. The topological polar surface area (TPSA) is 57.7 Å². The molecule has 0 unspecified atom stereocenters. The van der Waals surface area contributed by atoms with Crippen LogP contribution in [0.3, 0.4) is 0 Å². The molecule has 7 heteroatoms. The lowest BCUT2D eigenvalue weighted by atomic mass is 10.2. The number of benzene rings is 2. The first-order valence-electron chi connectivity index (χ1n) is 9.88. The molecule has 1 N–H and O–H groups in total. The Balaban J connectivity index is 1.29. The minimum atomic E-state index is -0.175. The maximum Gasteiger partial charge on any atom is 0.241 e. The first-order valence-corrected chi connectivity index (χ1v) is 10.7. The van der Waals surface area contributed by atoms with E-state index in [1.54, 1.807) is 18.4 Å². The van der Waals surface area contributed by atoms with Gasteiger partial charge in [-0.1, -0.05) is 18.2 Å². The first kappa shape index (κ1) is 19.8. The van der Waals surface area contributed by atoms with E-state index >= 15 is 0 Å². The number of rotatable bonds is 6. The van der Waals surface area contributed by atoms with Gasteiger partial charge in [0.25, 0.3) is 0 Å². The molecule has 1 fully saturated rings. The van der Waals surface area contributed by atoms with Crippen molar-refractivity contribution in [3.8, 4) is 5.75 Å². The molecule has 152 valence electrons. The van der Waals surface area contributed by atoms with Crippen LogP contribution in [0.15, 0.2) is 48.5 Å². The summed E-state index contributed by atoms with van der Waals surface area (Å²) in [6, 6.07) is 15.6. The van der Waals surface area contributed by atoms with E-state index < -0.39 is 0 Å². The SMILES string of the molecule is COc1cccc(NC(=O)[C@@H](C)N2CCN(Cc3nc4ccccc4s3)CC2)c1. The number of hydrogen-bond acceptors (Lipinski definition) is 6. The Hall–Kier alpha value is -2.48. The van der Waals surface area contributed by atoms with Gasteiger partial charge >= 0.3 is 0 Å². The van der Waals surface area contributed by atoms with Gasteiger partial charge in [-0.15, -0.1) is 11.3 Å². The molecule has 1 aromatic heterocycles. The van der Waals surface area contributed by atoms with Gasteiger partial charge in [0, 0.05) is 37.9 Å². The van der Waals surface area contributed by atoms with Gasteiger partial charge in [0.1, 0.15) is 10.8 Å². The fraction of sp³-hybridized carbons (Fsp3) is 0.364. The van der Waals surface area contributed by atoms with Gasteiger partial charge in [0.2, 0.25) is 5.91 Å². The number of aromatic nitrogens is 1. The van der Waals surface area contributed by atoms with Crippen LogP contribution in [0, 0.1) is 0 Å². The Morgan fingerprint density at radius 2 is 1.97 bits per heavy atom. The second-order valence-corrected chi connectivity index (χ2v) is 8.40. The second kappa shape index (κ2) is 8.90. The number of carbonyl (C=O) groups excluding carboxylic acids is 1. The van der Waals surface area contributed by atoms with Crippen molar-refractivity contribution < 1.29 is 9.53 Å². The Kier molecular flexibility index (Phi) is 6.08. The predicted molar refractivity (Wildman–Crippen MR) is 118 cm³/mol. The molecule has 1 amide bonds. The van der Waals surface area contributed by atoms with Gasteiger partial charge in [-0.3, -0.25) is 14.6 Å². The maximum atomic E-state index is 12.7. The molecule has 0 aliphatic carbocycles. The van der Waals surface area contributed by atoms with Gasteiger partial charge in [0.05, 0.1) is 29.9 Å². The zero-order valence-electron chi connectivity index (χ0n) is 16.8. The van der Waals surface area contributed by atoms with E-state index in [2.05, 4.69) is 33.3 Å². The van der Waals surface area contributed by atoms with Gasteiger partial charge in [-0.25, -0.2) is 4.98 Å². The van der Waals surface area contributed by atoms with Crippen LogP contribution in [0.2, 0.25) is 0 Å². The molecule has 0 saturated carbocycles. The standard InChI is InChI=1S/C22H26N4O2S/c1-16(22(27)23-17-6-5-7-18(14-17)28-2)26-12-10-25(11-13-26)15-21-24-19-8-3-4-9-20(19)29-21/h3-9,14,16H,10-13,15H2,1-2H3,(H,23,27)/t16-/m1/s1. The number of ether oxygens (including phenoxy) is 1. The van der Waals surface area contributed by atoms with E-state index in [1.165, 1.54) is 4.70 Å². The summed E-state index contributed by atoms with van der Waals surface area (Å²) in [5, 5.41) is 4.15. The van der Waals surface area contributed by atoms with E-state index in [0.29, 0.717) is 0 Å². The summed E-state index contributed by atoms with van der Waals surface area (Å²) in [7, 11) is 1.62. The number of nitrogens with zero attached hydrogens (tertiary/aromatic N) is 3. The first-order chi connectivity index (χ1) is 14.1. The summed E-state index contributed by atoms with van der Waals surface area (Å²) in [5.74, 6) is 0.747. The number of thiazole rings is 1. The third-order valence-electron chi connectivity index (χ3n) is 5.37. The molecule has 1 saturated heterocycles. The molecule has 6 nitrogen and oxygen atoms in total. The third-order valence-corrected chi connectivity index (χ3v) is 6.39. The number of piperazine rings is 1. The lowest BCUT2D eigenvalue weighted by Crippen LogP contribution is -2.52. The number of nitrogens with one attached hydrogen (secondary N) is 1. The molecule has 1 aliphatic rings. The molecule has 4 rings (SSSR count). The number of fused-ring (bicyclic) bond motifs is 1. The Morgan fingerprint density at radius 1 is 1.17 bits per heavy atom. The van der Waals surface area contributed by atoms with E-state index in [0.717, 1.165) is 54.7 Å². The van der Waals surface area contributed by atoms with Crippen molar-refractivity contribution in [1.29, 1.82) is 0 Å². The summed E-state index contributed by atoms with van der Waals surface area (Å²) >= 11 is 1.77. The van der Waals surface area contributed by atoms with Crippen LogP contribution >= 0.6 is 11.3 Å². The minimum absolute atomic E-state index is 0.0119. The van der Waals surface area contributed by atoms with Crippen molar-refractivity contribution in [2.45, 2.75) is 19.5 Å². The quantitative estimate of drug-likeness (QED) is 0.675. The maximum absolute atomic E-state index is 12.7. The normalized spacial score (nSPS) is 16.6. The Morgan fingerprint density at radius 3 is 2.72 bits per heavy atom. The second-order valence-electron chi connectivity index (χ2n) is 7.28. The number of amides is 1. The van der Waals surface area contributed by atoms with E-state index in [9.17, 15) is 4.79 Å². The van der Waals surface area contributed by atoms with Gasteiger partial charge in [0.15, 0.2) is 0 Å². The average molecular weight is 411 g/mol. The number of para-hydroxylation sites is 1. The van der Waals surface area contributed by atoms with Gasteiger partial charge in [-0.05, 0) is 31.2 Å². The summed E-state index contributed by atoms with van der Waals surface area (Å²) < 4.78 is 6.46. The molecular formula is C22H26N4O2S. The molecule has 1 aliphatic heterocycles. The Labute approximate surface area is 175 Å². The molecule has 0 radical (unpaired) electrons. The summed E-state index contributed by atoms with van der Waals surface area (Å²) in [6.07, 6.45) is 0. The molecule has 0 spiro atoms. The van der Waals surface area contributed by atoms with Crippen LogP contribution in [0.25, 0.3) is 10.2 Å². The highest BCUT2D eigenvalue weighted by Crippen LogP contribution is 2.23. The zero-order valence-corrected chi connectivity index (χ0v) is 17.6. The molecule has 2 aromatic carbocycles. The predicted octanol–water partition coefficient (Wildman–Crippen LogP) is 3.45. The minimum Gasteiger partial charge on any atom is -0.497 e. The van der Waals surface area contributed by atoms with Gasteiger partial charge in [-0.2, -0.15) is 0 Å². The smallest absolute Gasteiger partial charge is 0.241 e. The van der Waals surface area contributed by atoms with Crippen molar-refractivity contribution in [1.82, 2.24) is 14.8 Å². The molecule has 3 aromatic rings.